The van der Waals surface area contributed by atoms with Crippen molar-refractivity contribution in [3.05, 3.63) is 47.5 Å². The smallest absolute Gasteiger partial charge is 0.317 e. The quantitative estimate of drug-likeness (QED) is 0.824. The summed E-state index contributed by atoms with van der Waals surface area (Å²) in [7, 11) is 1.83. The van der Waals surface area contributed by atoms with Crippen molar-refractivity contribution >= 4 is 6.03 Å². The summed E-state index contributed by atoms with van der Waals surface area (Å²) < 4.78 is 0. The highest BCUT2D eigenvalue weighted by molar-refractivity contribution is 5.74. The van der Waals surface area contributed by atoms with E-state index in [1.165, 1.54) is 0 Å². The van der Waals surface area contributed by atoms with Gasteiger partial charge in [-0.1, -0.05) is 25.8 Å². The minimum absolute atomic E-state index is 0.0320. The highest BCUT2D eigenvalue weighted by atomic mass is 16.2. The number of carbonyl (C=O) groups excluding carboxylic acids is 1. The van der Waals surface area contributed by atoms with Gasteiger partial charge in [-0.25, -0.2) is 4.79 Å². The number of amides is 2. The Balaban J connectivity index is 2.00. The van der Waals surface area contributed by atoms with Crippen molar-refractivity contribution in [3.8, 4) is 0 Å². The summed E-state index contributed by atoms with van der Waals surface area (Å²) >= 11 is 0. The fourth-order valence-corrected chi connectivity index (χ4v) is 2.55. The topological polar surface area (TPSA) is 73.9 Å². The number of nitrogens with one attached hydrogen (secondary N) is 2. The van der Waals surface area contributed by atoms with Crippen LogP contribution in [0, 0.1) is 6.92 Å². The largest absolute Gasteiger partial charge is 0.332 e. The van der Waals surface area contributed by atoms with Crippen molar-refractivity contribution < 1.29 is 4.79 Å². The maximum absolute atomic E-state index is 12.5. The first kappa shape index (κ1) is 17.0. The van der Waals surface area contributed by atoms with Crippen LogP contribution in [-0.2, 0) is 6.54 Å². The maximum Gasteiger partial charge on any atom is 0.317 e. The molecule has 124 valence electrons. The maximum atomic E-state index is 12.5. The van der Waals surface area contributed by atoms with Crippen LogP contribution in [0.25, 0.3) is 0 Å². The molecule has 0 unspecified atom stereocenters. The Bertz CT molecular complexity index is 610. The van der Waals surface area contributed by atoms with Crippen molar-refractivity contribution in [1.82, 2.24) is 25.4 Å². The van der Waals surface area contributed by atoms with Gasteiger partial charge in [0.1, 0.15) is 0 Å². The summed E-state index contributed by atoms with van der Waals surface area (Å²) in [6.07, 6.45) is 6.67. The van der Waals surface area contributed by atoms with Gasteiger partial charge in [0.2, 0.25) is 0 Å². The van der Waals surface area contributed by atoms with E-state index in [0.717, 1.165) is 36.2 Å². The number of aromatic nitrogens is 3. The lowest BCUT2D eigenvalue weighted by Gasteiger charge is -2.28. The monoisotopic (exact) mass is 315 g/mol. The minimum atomic E-state index is -0.101. The first-order valence-corrected chi connectivity index (χ1v) is 8.03. The molecule has 1 atom stereocenters. The normalized spacial score (nSPS) is 12.0. The predicted octanol–water partition coefficient (Wildman–Crippen LogP) is 3.19. The molecule has 0 aliphatic heterocycles. The van der Waals surface area contributed by atoms with Gasteiger partial charge in [0.25, 0.3) is 0 Å². The van der Waals surface area contributed by atoms with E-state index in [9.17, 15) is 4.79 Å². The summed E-state index contributed by atoms with van der Waals surface area (Å²) in [5, 5.41) is 9.93. The Morgan fingerprint density at radius 2 is 2.30 bits per heavy atom. The zero-order valence-corrected chi connectivity index (χ0v) is 14.0. The second-order valence-electron chi connectivity index (χ2n) is 5.76. The third-order valence-electron chi connectivity index (χ3n) is 3.87. The molecule has 6 heteroatoms. The third kappa shape index (κ3) is 4.81. The zero-order valence-electron chi connectivity index (χ0n) is 14.0. The Morgan fingerprint density at radius 1 is 1.48 bits per heavy atom. The molecule has 23 heavy (non-hydrogen) atoms. The molecule has 2 amide bonds. The van der Waals surface area contributed by atoms with Crippen LogP contribution in [0.3, 0.4) is 0 Å². The summed E-state index contributed by atoms with van der Waals surface area (Å²) in [6.45, 7) is 4.51. The van der Waals surface area contributed by atoms with E-state index < -0.39 is 0 Å². The third-order valence-corrected chi connectivity index (χ3v) is 3.87. The van der Waals surface area contributed by atoms with Gasteiger partial charge in [-0.3, -0.25) is 10.1 Å². The molecule has 0 spiro atoms. The average molecular weight is 315 g/mol. The molecule has 2 aromatic heterocycles. The molecule has 0 radical (unpaired) electrons. The van der Waals surface area contributed by atoms with E-state index in [1.54, 1.807) is 11.1 Å². The van der Waals surface area contributed by atoms with Gasteiger partial charge in [0.15, 0.2) is 0 Å². The van der Waals surface area contributed by atoms with Crippen LogP contribution in [0.15, 0.2) is 30.6 Å². The van der Waals surface area contributed by atoms with Crippen LogP contribution in [0.2, 0.25) is 0 Å². The fourth-order valence-electron chi connectivity index (χ4n) is 2.55. The summed E-state index contributed by atoms with van der Waals surface area (Å²) in [5.74, 6) is 0. The van der Waals surface area contributed by atoms with E-state index in [2.05, 4.69) is 27.4 Å². The van der Waals surface area contributed by atoms with Gasteiger partial charge < -0.3 is 10.2 Å². The summed E-state index contributed by atoms with van der Waals surface area (Å²) in [5.41, 5.74) is 2.88. The molecule has 0 saturated heterocycles. The molecule has 6 nitrogen and oxygen atoms in total. The number of hydrogen-bond donors (Lipinski definition) is 2. The number of aromatic amines is 1. The number of pyridine rings is 1. The van der Waals surface area contributed by atoms with Gasteiger partial charge in [0.05, 0.1) is 18.3 Å². The lowest BCUT2D eigenvalue weighted by atomic mass is 10.0. The fraction of sp³-hybridized carbons (Fsp3) is 0.471. The number of unbranched alkanes of at least 4 members (excludes halogenated alkanes) is 1. The zero-order chi connectivity index (χ0) is 16.7. The molecule has 0 aliphatic rings. The van der Waals surface area contributed by atoms with Crippen LogP contribution in [0.4, 0.5) is 4.79 Å². The number of H-pyrrole nitrogens is 1. The average Bonchev–Trinajstić information content (AvgIpc) is 2.99. The first-order valence-electron chi connectivity index (χ1n) is 8.03. The van der Waals surface area contributed by atoms with Gasteiger partial charge in [0, 0.05) is 25.1 Å². The van der Waals surface area contributed by atoms with Gasteiger partial charge >= 0.3 is 6.03 Å². The van der Waals surface area contributed by atoms with Gasteiger partial charge in [-0.05, 0) is 31.0 Å². The molecule has 0 fully saturated rings. The van der Waals surface area contributed by atoms with Crippen molar-refractivity contribution in [3.63, 3.8) is 0 Å². The van der Waals surface area contributed by atoms with Crippen LogP contribution in [-0.4, -0.2) is 33.2 Å². The lowest BCUT2D eigenvalue weighted by molar-refractivity contribution is 0.185. The molecule has 2 aromatic rings. The second-order valence-corrected chi connectivity index (χ2v) is 5.76. The van der Waals surface area contributed by atoms with Crippen molar-refractivity contribution in [1.29, 1.82) is 0 Å². The summed E-state index contributed by atoms with van der Waals surface area (Å²) in [4.78, 5) is 18.4. The van der Waals surface area contributed by atoms with Crippen LogP contribution in [0.1, 0.15) is 49.2 Å². The van der Waals surface area contributed by atoms with E-state index in [4.69, 9.17) is 0 Å². The van der Waals surface area contributed by atoms with Crippen LogP contribution >= 0.6 is 0 Å². The Morgan fingerprint density at radius 3 is 2.91 bits per heavy atom. The molecule has 0 aliphatic carbocycles. The Kier molecular flexibility index (Phi) is 6.14. The predicted molar refractivity (Wildman–Crippen MR) is 89.8 cm³/mol. The molecule has 2 rings (SSSR count). The first-order chi connectivity index (χ1) is 11.1. The van der Waals surface area contributed by atoms with E-state index in [0.29, 0.717) is 6.54 Å². The second kappa shape index (κ2) is 8.31. The van der Waals surface area contributed by atoms with Gasteiger partial charge in [-0.15, -0.1) is 0 Å². The SMILES string of the molecule is CCCC[C@@H](c1cccnc1)N(C)C(=O)NCc1cc(C)[nH]n1. The molecule has 2 heterocycles. The van der Waals surface area contributed by atoms with Crippen LogP contribution in [0.5, 0.6) is 0 Å². The van der Waals surface area contributed by atoms with E-state index in [1.807, 2.05) is 38.4 Å². The van der Waals surface area contributed by atoms with E-state index >= 15 is 0 Å². The molecular weight excluding hydrogens is 290 g/mol. The lowest BCUT2D eigenvalue weighted by Crippen LogP contribution is -2.39. The Labute approximate surface area is 137 Å². The molecular formula is C17H25N5O. The van der Waals surface area contributed by atoms with Crippen LogP contribution < -0.4 is 5.32 Å². The number of urea groups is 1. The van der Waals surface area contributed by atoms with Crippen molar-refractivity contribution in [2.45, 2.75) is 45.7 Å². The minimum Gasteiger partial charge on any atom is -0.332 e. The van der Waals surface area contributed by atoms with Crippen molar-refractivity contribution in [2.75, 3.05) is 7.05 Å². The molecule has 2 N–H and O–H groups in total. The van der Waals surface area contributed by atoms with E-state index in [-0.39, 0.29) is 12.1 Å². The number of hydrogen-bond acceptors (Lipinski definition) is 3. The molecule has 0 saturated carbocycles. The number of carbonyl (C=O) groups is 1. The molecule has 0 aromatic carbocycles. The number of rotatable bonds is 7. The standard InChI is InChI=1S/C17H25N5O/c1-4-5-8-16(14-7-6-9-18-11-14)22(3)17(23)19-12-15-10-13(2)20-21-15/h6-7,9-11,16H,4-5,8,12H2,1-3H3,(H,19,23)(H,20,21)/t16-/m0/s1. The highest BCUT2D eigenvalue weighted by Crippen LogP contribution is 2.24. The number of nitrogens with zero attached hydrogens (tertiary/aromatic N) is 3. The number of aryl methyl sites for hydroxylation is 1. The van der Waals surface area contributed by atoms with Crippen molar-refractivity contribution in [2.24, 2.45) is 0 Å². The molecule has 0 bridgehead atoms. The summed E-state index contributed by atoms with van der Waals surface area (Å²) in [6, 6.07) is 5.79. The highest BCUT2D eigenvalue weighted by Gasteiger charge is 2.21. The van der Waals surface area contributed by atoms with Gasteiger partial charge in [-0.2, -0.15) is 5.10 Å². The Hall–Kier alpha value is -2.37.